The summed E-state index contributed by atoms with van der Waals surface area (Å²) in [6, 6.07) is 9.90. The molecule has 21 heavy (non-hydrogen) atoms. The maximum atomic E-state index is 9.62. The highest BCUT2D eigenvalue weighted by Gasteiger charge is 2.27. The molecule has 5 heteroatoms. The number of piperidine rings is 1. The van der Waals surface area contributed by atoms with Gasteiger partial charge in [0.15, 0.2) is 0 Å². The van der Waals surface area contributed by atoms with Crippen molar-refractivity contribution < 1.29 is 14.8 Å². The number of pyridine rings is 1. The lowest BCUT2D eigenvalue weighted by Crippen LogP contribution is -2.39. The molecule has 2 heterocycles. The Labute approximate surface area is 123 Å². The second-order valence-electron chi connectivity index (χ2n) is 5.31. The van der Waals surface area contributed by atoms with Crippen LogP contribution in [0.1, 0.15) is 18.4 Å². The third-order valence-corrected chi connectivity index (χ3v) is 3.97. The number of anilines is 1. The predicted molar refractivity (Wildman–Crippen MR) is 79.2 cm³/mol. The van der Waals surface area contributed by atoms with E-state index in [4.69, 9.17) is 4.74 Å². The van der Waals surface area contributed by atoms with Crippen molar-refractivity contribution in [3.05, 3.63) is 29.8 Å². The van der Waals surface area contributed by atoms with E-state index in [9.17, 15) is 10.4 Å². The maximum absolute atomic E-state index is 9.62. The van der Waals surface area contributed by atoms with Gasteiger partial charge in [-0.3, -0.25) is 4.90 Å². The van der Waals surface area contributed by atoms with Crippen LogP contribution in [0.4, 0.5) is 5.82 Å². The molecule has 0 amide bonds. The van der Waals surface area contributed by atoms with Crippen LogP contribution in [0, 0.1) is 11.3 Å². The number of nitrogens with zero attached hydrogens (tertiary/aromatic N) is 2. The zero-order chi connectivity index (χ0) is 14.8. The van der Waals surface area contributed by atoms with Crippen molar-refractivity contribution in [1.82, 2.24) is 0 Å². The number of H-pyrrole nitrogens is 1. The van der Waals surface area contributed by atoms with Gasteiger partial charge in [-0.15, -0.1) is 0 Å². The fourth-order valence-electron chi connectivity index (χ4n) is 2.74. The Hall–Kier alpha value is -2.32. The second-order valence-corrected chi connectivity index (χ2v) is 5.31. The number of nitriles is 1. The third kappa shape index (κ3) is 2.63. The second kappa shape index (κ2) is 5.58. The van der Waals surface area contributed by atoms with Gasteiger partial charge < -0.3 is 9.84 Å². The van der Waals surface area contributed by atoms with Crippen LogP contribution in [0.25, 0.3) is 10.9 Å². The lowest BCUT2D eigenvalue weighted by atomic mass is 10.1. The molecule has 3 rings (SSSR count). The average Bonchev–Trinajstić information content (AvgIpc) is 2.53. The van der Waals surface area contributed by atoms with Gasteiger partial charge in [-0.25, -0.2) is 4.98 Å². The third-order valence-electron chi connectivity index (χ3n) is 3.97. The molecule has 1 aliphatic rings. The quantitative estimate of drug-likeness (QED) is 0.907. The monoisotopic (exact) mass is 284 g/mol. The van der Waals surface area contributed by atoms with E-state index in [1.165, 1.54) is 0 Å². The van der Waals surface area contributed by atoms with Gasteiger partial charge in [0.1, 0.15) is 22.9 Å². The molecule has 0 unspecified atom stereocenters. The SMILES string of the molecule is COc1ccc2cc(C#N)c(N3CCC(O)CC3)[nH+]c2c1. The summed E-state index contributed by atoms with van der Waals surface area (Å²) in [5.41, 5.74) is 1.57. The number of hydrogen-bond acceptors (Lipinski definition) is 4. The average molecular weight is 284 g/mol. The van der Waals surface area contributed by atoms with Gasteiger partial charge in [0.2, 0.25) is 0 Å². The van der Waals surface area contributed by atoms with Gasteiger partial charge in [-0.05, 0) is 18.2 Å². The Balaban J connectivity index is 2.05. The molecule has 0 spiro atoms. The summed E-state index contributed by atoms with van der Waals surface area (Å²) >= 11 is 0. The fraction of sp³-hybridized carbons (Fsp3) is 0.375. The molecule has 5 nitrogen and oxygen atoms in total. The Bertz CT molecular complexity index is 700. The zero-order valence-corrected chi connectivity index (χ0v) is 12.0. The molecule has 0 aliphatic carbocycles. The molecule has 1 fully saturated rings. The van der Waals surface area contributed by atoms with Crippen LogP contribution in [0.15, 0.2) is 24.3 Å². The minimum absolute atomic E-state index is 0.229. The number of aromatic nitrogens is 1. The minimum atomic E-state index is -0.229. The number of nitrogens with one attached hydrogen (secondary N) is 1. The topological polar surface area (TPSA) is 70.6 Å². The summed E-state index contributed by atoms with van der Waals surface area (Å²) in [5.74, 6) is 1.61. The molecule has 2 N–H and O–H groups in total. The number of rotatable bonds is 2. The molecule has 0 bridgehead atoms. The smallest absolute Gasteiger partial charge is 0.293 e. The van der Waals surface area contributed by atoms with Crippen molar-refractivity contribution in [3.63, 3.8) is 0 Å². The van der Waals surface area contributed by atoms with Crippen molar-refractivity contribution in [3.8, 4) is 11.8 Å². The molecular formula is C16H18N3O2+. The number of hydrogen-bond donors (Lipinski definition) is 1. The van der Waals surface area contributed by atoms with E-state index < -0.39 is 0 Å². The Morgan fingerprint density at radius 3 is 2.76 bits per heavy atom. The van der Waals surface area contributed by atoms with Crippen LogP contribution in [0.2, 0.25) is 0 Å². The van der Waals surface area contributed by atoms with Crippen molar-refractivity contribution >= 4 is 16.7 Å². The first-order valence-corrected chi connectivity index (χ1v) is 7.08. The first-order valence-electron chi connectivity index (χ1n) is 7.08. The van der Waals surface area contributed by atoms with Crippen LogP contribution in [0.3, 0.4) is 0 Å². The van der Waals surface area contributed by atoms with E-state index in [0.717, 1.165) is 48.4 Å². The van der Waals surface area contributed by atoms with Gasteiger partial charge in [0.05, 0.1) is 26.3 Å². The van der Waals surface area contributed by atoms with Gasteiger partial charge in [0, 0.05) is 24.3 Å². The summed E-state index contributed by atoms with van der Waals surface area (Å²) in [7, 11) is 1.64. The standard InChI is InChI=1S/C16H17N3O2/c1-21-14-3-2-11-8-12(10-17)16(18-15(11)9-14)19-6-4-13(20)5-7-19/h2-3,8-9,13,20H,4-7H2,1H3/p+1. The molecule has 1 saturated heterocycles. The van der Waals surface area contributed by atoms with E-state index in [2.05, 4.69) is 16.0 Å². The first-order chi connectivity index (χ1) is 10.2. The fourth-order valence-corrected chi connectivity index (χ4v) is 2.74. The molecule has 108 valence electrons. The van der Waals surface area contributed by atoms with Gasteiger partial charge in [0.25, 0.3) is 5.82 Å². The Morgan fingerprint density at radius 2 is 2.10 bits per heavy atom. The Kier molecular flexibility index (Phi) is 3.63. The van der Waals surface area contributed by atoms with Crippen molar-refractivity contribution in [2.24, 2.45) is 0 Å². The molecule has 0 radical (unpaired) electrons. The van der Waals surface area contributed by atoms with Crippen molar-refractivity contribution in [2.75, 3.05) is 25.1 Å². The van der Waals surface area contributed by atoms with E-state index >= 15 is 0 Å². The zero-order valence-electron chi connectivity index (χ0n) is 12.0. The van der Waals surface area contributed by atoms with E-state index in [-0.39, 0.29) is 6.10 Å². The van der Waals surface area contributed by atoms with Crippen LogP contribution < -0.4 is 14.6 Å². The van der Waals surface area contributed by atoms with Crippen molar-refractivity contribution in [1.29, 1.82) is 5.26 Å². The first kappa shape index (κ1) is 13.7. The van der Waals surface area contributed by atoms with E-state index in [1.807, 2.05) is 24.3 Å². The van der Waals surface area contributed by atoms with Gasteiger partial charge in [-0.1, -0.05) is 0 Å². The van der Waals surface area contributed by atoms with Crippen LogP contribution in [-0.4, -0.2) is 31.4 Å². The molecule has 1 aromatic carbocycles. The number of fused-ring (bicyclic) bond motifs is 1. The number of aliphatic hydroxyl groups excluding tert-OH is 1. The molecular weight excluding hydrogens is 266 g/mol. The maximum Gasteiger partial charge on any atom is 0.293 e. The van der Waals surface area contributed by atoms with Crippen molar-refractivity contribution in [2.45, 2.75) is 18.9 Å². The van der Waals surface area contributed by atoms with Crippen LogP contribution in [0.5, 0.6) is 5.75 Å². The van der Waals surface area contributed by atoms with E-state index in [1.54, 1.807) is 7.11 Å². The van der Waals surface area contributed by atoms with Gasteiger partial charge in [-0.2, -0.15) is 5.26 Å². The number of aliphatic hydroxyl groups is 1. The summed E-state index contributed by atoms with van der Waals surface area (Å²) in [6.45, 7) is 1.50. The number of ether oxygens (including phenoxy) is 1. The predicted octanol–water partition coefficient (Wildman–Crippen LogP) is 1.50. The summed E-state index contributed by atoms with van der Waals surface area (Å²) < 4.78 is 5.25. The molecule has 0 saturated carbocycles. The minimum Gasteiger partial charge on any atom is -0.497 e. The van der Waals surface area contributed by atoms with Gasteiger partial charge >= 0.3 is 0 Å². The summed E-state index contributed by atoms with van der Waals surface area (Å²) in [6.07, 6.45) is 1.23. The molecule has 2 aromatic rings. The molecule has 1 aromatic heterocycles. The number of benzene rings is 1. The van der Waals surface area contributed by atoms with Crippen LogP contribution in [-0.2, 0) is 0 Å². The normalized spacial score (nSPS) is 16.0. The summed E-state index contributed by atoms with van der Waals surface area (Å²) in [5, 5.41) is 20.0. The lowest BCUT2D eigenvalue weighted by Gasteiger charge is -2.25. The molecule has 1 aliphatic heterocycles. The highest BCUT2D eigenvalue weighted by molar-refractivity contribution is 5.80. The highest BCUT2D eigenvalue weighted by Crippen LogP contribution is 2.24. The van der Waals surface area contributed by atoms with Crippen LogP contribution >= 0.6 is 0 Å². The Morgan fingerprint density at radius 1 is 1.33 bits per heavy atom. The number of aromatic amines is 1. The number of methoxy groups -OCH3 is 1. The molecule has 0 atom stereocenters. The lowest BCUT2D eigenvalue weighted by molar-refractivity contribution is -0.331. The largest absolute Gasteiger partial charge is 0.497 e. The van der Waals surface area contributed by atoms with E-state index in [0.29, 0.717) is 5.56 Å². The summed E-state index contributed by atoms with van der Waals surface area (Å²) in [4.78, 5) is 5.48. The highest BCUT2D eigenvalue weighted by atomic mass is 16.5.